The molecule has 0 radical (unpaired) electrons. The van der Waals surface area contributed by atoms with Gasteiger partial charge < -0.3 is 14.8 Å². The number of hydrogen-bond donors (Lipinski definition) is 1. The van der Waals surface area contributed by atoms with E-state index in [2.05, 4.69) is 25.2 Å². The van der Waals surface area contributed by atoms with Crippen molar-refractivity contribution in [1.82, 2.24) is 5.32 Å². The van der Waals surface area contributed by atoms with Gasteiger partial charge in [-0.25, -0.2) is 0 Å². The topological polar surface area (TPSA) is 30.5 Å². The number of nitrogens with one attached hydrogen (secondary N) is 1. The Morgan fingerprint density at radius 1 is 1.33 bits per heavy atom. The summed E-state index contributed by atoms with van der Waals surface area (Å²) >= 11 is 0. The second kappa shape index (κ2) is 6.10. The Labute approximate surface area is 109 Å². The number of hydrogen-bond acceptors (Lipinski definition) is 3. The smallest absolute Gasteiger partial charge is 0.124 e. The molecule has 0 bridgehead atoms. The van der Waals surface area contributed by atoms with Crippen molar-refractivity contribution in [2.24, 2.45) is 5.92 Å². The molecule has 0 unspecified atom stereocenters. The summed E-state index contributed by atoms with van der Waals surface area (Å²) in [6.45, 7) is 5.93. The normalized spacial score (nSPS) is 14.9. The van der Waals surface area contributed by atoms with E-state index in [9.17, 15) is 0 Å². The first kappa shape index (κ1) is 13.2. The fourth-order valence-electron chi connectivity index (χ4n) is 1.76. The fraction of sp³-hybridized carbons (Fsp3) is 0.600. The molecule has 1 saturated carbocycles. The highest BCUT2D eigenvalue weighted by molar-refractivity contribution is 5.40. The number of ether oxygens (including phenoxy) is 2. The molecular formula is C15H23NO2. The van der Waals surface area contributed by atoms with Gasteiger partial charge in [-0.2, -0.15) is 0 Å². The summed E-state index contributed by atoms with van der Waals surface area (Å²) in [6.07, 6.45) is 2.60. The number of methoxy groups -OCH3 is 1. The van der Waals surface area contributed by atoms with Gasteiger partial charge in [0.15, 0.2) is 0 Å². The van der Waals surface area contributed by atoms with Crippen LogP contribution in [-0.2, 0) is 6.54 Å². The molecule has 0 amide bonds. The quantitative estimate of drug-likeness (QED) is 0.806. The van der Waals surface area contributed by atoms with E-state index in [1.807, 2.05) is 12.1 Å². The molecule has 0 saturated heterocycles. The van der Waals surface area contributed by atoms with E-state index >= 15 is 0 Å². The van der Waals surface area contributed by atoms with Crippen LogP contribution in [0.3, 0.4) is 0 Å². The van der Waals surface area contributed by atoms with Crippen LogP contribution in [0.15, 0.2) is 18.2 Å². The molecule has 1 fully saturated rings. The highest BCUT2D eigenvalue weighted by Crippen LogP contribution is 2.26. The lowest BCUT2D eigenvalue weighted by atomic mass is 10.1. The zero-order chi connectivity index (χ0) is 13.0. The number of rotatable bonds is 7. The molecule has 0 aliphatic heterocycles. The van der Waals surface area contributed by atoms with Crippen LogP contribution in [0.1, 0.15) is 32.3 Å². The predicted octanol–water partition coefficient (Wildman–Crippen LogP) is 2.98. The van der Waals surface area contributed by atoms with Crippen molar-refractivity contribution in [2.75, 3.05) is 13.7 Å². The summed E-state index contributed by atoms with van der Waals surface area (Å²) < 4.78 is 11.1. The third-order valence-corrected chi connectivity index (χ3v) is 3.00. The molecule has 0 heterocycles. The molecule has 2 rings (SSSR count). The van der Waals surface area contributed by atoms with E-state index in [4.69, 9.17) is 9.47 Å². The van der Waals surface area contributed by atoms with Gasteiger partial charge in [-0.3, -0.25) is 0 Å². The second-order valence-electron chi connectivity index (χ2n) is 5.33. The third kappa shape index (κ3) is 3.91. The zero-order valence-corrected chi connectivity index (χ0v) is 11.5. The first-order valence-electron chi connectivity index (χ1n) is 6.72. The van der Waals surface area contributed by atoms with Gasteiger partial charge in [0.05, 0.1) is 13.7 Å². The van der Waals surface area contributed by atoms with E-state index < -0.39 is 0 Å². The van der Waals surface area contributed by atoms with Gasteiger partial charge in [-0.15, -0.1) is 0 Å². The maximum atomic E-state index is 5.86. The summed E-state index contributed by atoms with van der Waals surface area (Å²) in [5.41, 5.74) is 1.18. The van der Waals surface area contributed by atoms with Crippen LogP contribution in [-0.4, -0.2) is 19.8 Å². The van der Waals surface area contributed by atoms with Crippen molar-refractivity contribution in [3.63, 3.8) is 0 Å². The highest BCUT2D eigenvalue weighted by atomic mass is 16.5. The van der Waals surface area contributed by atoms with E-state index in [0.717, 1.165) is 24.7 Å². The van der Waals surface area contributed by atoms with E-state index in [1.165, 1.54) is 18.4 Å². The van der Waals surface area contributed by atoms with Gasteiger partial charge in [-0.1, -0.05) is 13.8 Å². The van der Waals surface area contributed by atoms with Crippen molar-refractivity contribution in [3.05, 3.63) is 23.8 Å². The average molecular weight is 249 g/mol. The Hall–Kier alpha value is -1.22. The standard InChI is InChI=1S/C15H23NO2/c1-11(2)10-18-15-7-6-14(17-3)8-12(15)9-16-13-4-5-13/h6-8,11,13,16H,4-5,9-10H2,1-3H3. The molecule has 1 N–H and O–H groups in total. The average Bonchev–Trinajstić information content (AvgIpc) is 3.18. The molecule has 0 atom stereocenters. The minimum absolute atomic E-state index is 0.538. The first-order valence-corrected chi connectivity index (χ1v) is 6.72. The molecule has 18 heavy (non-hydrogen) atoms. The SMILES string of the molecule is COc1ccc(OCC(C)C)c(CNC2CC2)c1. The monoisotopic (exact) mass is 249 g/mol. The van der Waals surface area contributed by atoms with Crippen molar-refractivity contribution in [1.29, 1.82) is 0 Å². The van der Waals surface area contributed by atoms with Crippen LogP contribution < -0.4 is 14.8 Å². The molecular weight excluding hydrogens is 226 g/mol. The Kier molecular flexibility index (Phi) is 4.48. The molecule has 0 spiro atoms. The molecule has 0 aromatic heterocycles. The molecule has 3 nitrogen and oxygen atoms in total. The summed E-state index contributed by atoms with van der Waals surface area (Å²) in [7, 11) is 1.70. The van der Waals surface area contributed by atoms with Gasteiger partial charge >= 0.3 is 0 Å². The predicted molar refractivity (Wildman–Crippen MR) is 73.2 cm³/mol. The Balaban J connectivity index is 2.03. The van der Waals surface area contributed by atoms with Gasteiger partial charge in [0, 0.05) is 18.2 Å². The van der Waals surface area contributed by atoms with E-state index in [-0.39, 0.29) is 0 Å². The van der Waals surface area contributed by atoms with E-state index in [0.29, 0.717) is 12.0 Å². The Morgan fingerprint density at radius 3 is 2.72 bits per heavy atom. The van der Waals surface area contributed by atoms with Crippen LogP contribution in [0.4, 0.5) is 0 Å². The largest absolute Gasteiger partial charge is 0.497 e. The van der Waals surface area contributed by atoms with Crippen LogP contribution in [0.25, 0.3) is 0 Å². The number of benzene rings is 1. The second-order valence-corrected chi connectivity index (χ2v) is 5.33. The summed E-state index contributed by atoms with van der Waals surface area (Å²) in [5.74, 6) is 2.40. The fourth-order valence-corrected chi connectivity index (χ4v) is 1.76. The van der Waals surface area contributed by atoms with Crippen molar-refractivity contribution in [3.8, 4) is 11.5 Å². The lowest BCUT2D eigenvalue weighted by molar-refractivity contribution is 0.267. The summed E-state index contributed by atoms with van der Waals surface area (Å²) in [5, 5.41) is 3.52. The van der Waals surface area contributed by atoms with Gasteiger partial charge in [-0.05, 0) is 37.0 Å². The zero-order valence-electron chi connectivity index (χ0n) is 11.5. The first-order chi connectivity index (χ1) is 8.69. The molecule has 1 aliphatic rings. The lowest BCUT2D eigenvalue weighted by Gasteiger charge is -2.14. The van der Waals surface area contributed by atoms with Gasteiger partial charge in [0.25, 0.3) is 0 Å². The minimum Gasteiger partial charge on any atom is -0.497 e. The summed E-state index contributed by atoms with van der Waals surface area (Å²) in [6, 6.07) is 6.72. The van der Waals surface area contributed by atoms with Crippen LogP contribution in [0, 0.1) is 5.92 Å². The van der Waals surface area contributed by atoms with E-state index in [1.54, 1.807) is 7.11 Å². The molecule has 1 aliphatic carbocycles. The van der Waals surface area contributed by atoms with Crippen LogP contribution >= 0.6 is 0 Å². The Bertz CT molecular complexity index is 386. The van der Waals surface area contributed by atoms with Gasteiger partial charge in [0.1, 0.15) is 11.5 Å². The summed E-state index contributed by atoms with van der Waals surface area (Å²) in [4.78, 5) is 0. The Morgan fingerprint density at radius 2 is 2.11 bits per heavy atom. The highest BCUT2D eigenvalue weighted by Gasteiger charge is 2.20. The maximum Gasteiger partial charge on any atom is 0.124 e. The molecule has 1 aromatic carbocycles. The maximum absolute atomic E-state index is 5.86. The third-order valence-electron chi connectivity index (χ3n) is 3.00. The van der Waals surface area contributed by atoms with Crippen molar-refractivity contribution in [2.45, 2.75) is 39.3 Å². The molecule has 1 aromatic rings. The molecule has 100 valence electrons. The van der Waals surface area contributed by atoms with Crippen molar-refractivity contribution < 1.29 is 9.47 Å². The minimum atomic E-state index is 0.538. The van der Waals surface area contributed by atoms with Crippen LogP contribution in [0.2, 0.25) is 0 Å². The molecule has 3 heteroatoms. The lowest BCUT2D eigenvalue weighted by Crippen LogP contribution is -2.16. The van der Waals surface area contributed by atoms with Gasteiger partial charge in [0.2, 0.25) is 0 Å². The van der Waals surface area contributed by atoms with Crippen LogP contribution in [0.5, 0.6) is 11.5 Å². The van der Waals surface area contributed by atoms with Crippen molar-refractivity contribution >= 4 is 0 Å².